The number of aromatic amines is 1. The van der Waals surface area contributed by atoms with Gasteiger partial charge in [-0.1, -0.05) is 19.8 Å². The monoisotopic (exact) mass is 429 g/mol. The number of nitrogens with two attached hydrogens (primary N) is 1. The number of rotatable bonds is 9. The molecule has 0 amide bonds. The first kappa shape index (κ1) is 25.1. The first-order valence-corrected chi connectivity index (χ1v) is 9.59. The number of hydrogen-bond acceptors (Lipinski definition) is 5. The van der Waals surface area contributed by atoms with E-state index in [0.717, 1.165) is 35.7 Å². The van der Waals surface area contributed by atoms with Crippen LogP contribution in [-0.2, 0) is 9.59 Å². The summed E-state index contributed by atoms with van der Waals surface area (Å²) in [6.45, 7) is 4.41. The normalized spacial score (nSPS) is 11.5. The number of carboxylic acid groups (broad SMARTS) is 2. The first-order valence-electron chi connectivity index (χ1n) is 9.59. The average Bonchev–Trinajstić information content (AvgIpc) is 3.12. The summed E-state index contributed by atoms with van der Waals surface area (Å²) in [4.78, 5) is 37.9. The highest BCUT2D eigenvalue weighted by atomic mass is 16.4. The Balaban J connectivity index is 0.000000512. The zero-order chi connectivity index (χ0) is 23.2. The van der Waals surface area contributed by atoms with Gasteiger partial charge in [-0.05, 0) is 31.5 Å². The Bertz CT molecular complexity index is 975. The van der Waals surface area contributed by atoms with Gasteiger partial charge in [0.15, 0.2) is 5.78 Å². The highest BCUT2D eigenvalue weighted by molar-refractivity contribution is 6.04. The number of hydrogen-bond donors (Lipinski definition) is 5. The van der Waals surface area contributed by atoms with E-state index >= 15 is 0 Å². The van der Waals surface area contributed by atoms with Gasteiger partial charge >= 0.3 is 11.9 Å². The summed E-state index contributed by atoms with van der Waals surface area (Å²) in [6, 6.07) is 5.55. The van der Waals surface area contributed by atoms with E-state index < -0.39 is 11.9 Å². The molecule has 0 aliphatic rings. The topological polar surface area (TPSA) is 170 Å². The van der Waals surface area contributed by atoms with Gasteiger partial charge in [0.05, 0.1) is 6.21 Å². The average molecular weight is 429 g/mol. The van der Waals surface area contributed by atoms with E-state index in [1.54, 1.807) is 19.2 Å². The second-order valence-electron chi connectivity index (χ2n) is 6.41. The molecule has 0 spiro atoms. The largest absolute Gasteiger partial charge is 0.478 e. The van der Waals surface area contributed by atoms with Crippen molar-refractivity contribution >= 4 is 40.8 Å². The Hall–Kier alpha value is -3.95. The van der Waals surface area contributed by atoms with Gasteiger partial charge in [0.25, 0.3) is 0 Å². The SMILES string of the molecule is CCCCCN=C(N)N/N=C/c1c[nH]c2ccc(C(C)=O)cc12.O=C(O)/C=C\C(=O)O. The number of carbonyl (C=O) groups is 3. The number of nitrogens with one attached hydrogen (secondary N) is 2. The van der Waals surface area contributed by atoms with Crippen molar-refractivity contribution in [2.24, 2.45) is 15.8 Å². The molecule has 1 aromatic carbocycles. The molecule has 2 rings (SSSR count). The number of benzene rings is 1. The molecule has 0 aliphatic carbocycles. The Morgan fingerprint density at radius 1 is 1.16 bits per heavy atom. The lowest BCUT2D eigenvalue weighted by molar-refractivity contribution is -0.134. The van der Waals surface area contributed by atoms with Crippen LogP contribution in [0.3, 0.4) is 0 Å². The molecule has 31 heavy (non-hydrogen) atoms. The second kappa shape index (κ2) is 13.3. The van der Waals surface area contributed by atoms with E-state index in [4.69, 9.17) is 15.9 Å². The van der Waals surface area contributed by atoms with E-state index in [-0.39, 0.29) is 5.78 Å². The van der Waals surface area contributed by atoms with Crippen LogP contribution >= 0.6 is 0 Å². The molecular formula is C21H27N5O5. The molecule has 0 fully saturated rings. The molecule has 0 saturated heterocycles. The number of H-pyrrole nitrogens is 1. The van der Waals surface area contributed by atoms with Crippen LogP contribution in [0.2, 0.25) is 0 Å². The maximum Gasteiger partial charge on any atom is 0.328 e. The van der Waals surface area contributed by atoms with E-state index in [0.29, 0.717) is 30.2 Å². The minimum Gasteiger partial charge on any atom is -0.478 e. The lowest BCUT2D eigenvalue weighted by atomic mass is 10.1. The Morgan fingerprint density at radius 2 is 1.84 bits per heavy atom. The van der Waals surface area contributed by atoms with Gasteiger partial charge in [-0.25, -0.2) is 15.0 Å². The van der Waals surface area contributed by atoms with Gasteiger partial charge in [-0.2, -0.15) is 5.10 Å². The number of guanidine groups is 1. The quantitative estimate of drug-likeness (QED) is 0.102. The number of aromatic nitrogens is 1. The van der Waals surface area contributed by atoms with Crippen molar-refractivity contribution in [3.05, 3.63) is 47.7 Å². The second-order valence-corrected chi connectivity index (χ2v) is 6.41. The zero-order valence-electron chi connectivity index (χ0n) is 17.5. The third kappa shape index (κ3) is 9.88. The molecule has 6 N–H and O–H groups in total. The predicted octanol–water partition coefficient (Wildman–Crippen LogP) is 2.51. The molecular weight excluding hydrogens is 402 g/mol. The van der Waals surface area contributed by atoms with E-state index in [1.807, 2.05) is 18.3 Å². The number of carboxylic acids is 2. The molecule has 0 radical (unpaired) electrons. The van der Waals surface area contributed by atoms with E-state index in [1.165, 1.54) is 0 Å². The Labute approximate surface area is 179 Å². The number of fused-ring (bicyclic) bond motifs is 1. The van der Waals surface area contributed by atoms with Crippen LogP contribution in [0, 0.1) is 0 Å². The highest BCUT2D eigenvalue weighted by Crippen LogP contribution is 2.18. The maximum atomic E-state index is 11.5. The summed E-state index contributed by atoms with van der Waals surface area (Å²) >= 11 is 0. The van der Waals surface area contributed by atoms with Crippen molar-refractivity contribution in [3.63, 3.8) is 0 Å². The molecule has 0 saturated carbocycles. The Morgan fingerprint density at radius 3 is 2.42 bits per heavy atom. The minimum atomic E-state index is -1.26. The minimum absolute atomic E-state index is 0.0394. The molecule has 0 bridgehead atoms. The number of nitrogens with zero attached hydrogens (tertiary/aromatic N) is 2. The lowest BCUT2D eigenvalue weighted by Crippen LogP contribution is -2.27. The molecule has 1 aromatic heterocycles. The maximum absolute atomic E-state index is 11.5. The number of carbonyl (C=O) groups excluding carboxylic acids is 1. The summed E-state index contributed by atoms with van der Waals surface area (Å²) in [5.74, 6) is -2.17. The molecule has 0 aliphatic heterocycles. The van der Waals surface area contributed by atoms with Crippen LogP contribution < -0.4 is 11.2 Å². The standard InChI is InChI=1S/C17H23N5O.C4H4O4/c1-3-4-5-8-19-17(18)22-21-11-14-10-20-16-7-6-13(12(2)23)9-15(14)16;5-3(6)1-2-4(7)8/h6-7,9-11,20H,3-5,8H2,1-2H3,(H3,18,19,22);1-2H,(H,5,6)(H,7,8)/b21-11+;2-1-. The smallest absolute Gasteiger partial charge is 0.328 e. The van der Waals surface area contributed by atoms with Crippen molar-refractivity contribution in [2.45, 2.75) is 33.1 Å². The first-order chi connectivity index (χ1) is 14.7. The van der Waals surface area contributed by atoms with E-state index in [2.05, 4.69) is 27.4 Å². The van der Waals surface area contributed by atoms with Gasteiger partial charge in [-0.15, -0.1) is 0 Å². The lowest BCUT2D eigenvalue weighted by Gasteiger charge is -1.99. The molecule has 1 heterocycles. The Kier molecular flexibility index (Phi) is 10.8. The third-order valence-electron chi connectivity index (χ3n) is 3.92. The van der Waals surface area contributed by atoms with Crippen molar-refractivity contribution in [1.29, 1.82) is 0 Å². The molecule has 166 valence electrons. The van der Waals surface area contributed by atoms with Crippen LogP contribution in [0.5, 0.6) is 0 Å². The van der Waals surface area contributed by atoms with Crippen LogP contribution in [0.15, 0.2) is 46.6 Å². The number of Topliss-reactive ketones (excluding diaryl/α,β-unsaturated/α-hetero) is 1. The summed E-state index contributed by atoms with van der Waals surface area (Å²) in [5.41, 5.74) is 11.0. The van der Waals surface area contributed by atoms with Crippen LogP contribution in [0.1, 0.15) is 49.0 Å². The van der Waals surface area contributed by atoms with Gasteiger partial charge in [0, 0.05) is 46.9 Å². The zero-order valence-corrected chi connectivity index (χ0v) is 17.5. The summed E-state index contributed by atoms with van der Waals surface area (Å²) in [5, 5.41) is 20.7. The van der Waals surface area contributed by atoms with Crippen molar-refractivity contribution in [2.75, 3.05) is 6.54 Å². The highest BCUT2D eigenvalue weighted by Gasteiger charge is 2.05. The van der Waals surface area contributed by atoms with Crippen molar-refractivity contribution in [3.8, 4) is 0 Å². The van der Waals surface area contributed by atoms with Gasteiger partial charge in [0.1, 0.15) is 0 Å². The molecule has 10 heteroatoms. The summed E-state index contributed by atoms with van der Waals surface area (Å²) in [7, 11) is 0. The predicted molar refractivity (Wildman–Crippen MR) is 119 cm³/mol. The number of ketones is 1. The van der Waals surface area contributed by atoms with Gasteiger partial charge < -0.3 is 20.9 Å². The van der Waals surface area contributed by atoms with Crippen molar-refractivity contribution < 1.29 is 24.6 Å². The van der Waals surface area contributed by atoms with Crippen LogP contribution in [-0.4, -0.2) is 51.6 Å². The summed E-state index contributed by atoms with van der Waals surface area (Å²) < 4.78 is 0. The molecule has 10 nitrogen and oxygen atoms in total. The fourth-order valence-electron chi connectivity index (χ4n) is 2.38. The number of hydrazone groups is 1. The fraction of sp³-hybridized carbons (Fsp3) is 0.286. The number of unbranched alkanes of at least 4 members (excludes halogenated alkanes) is 2. The molecule has 2 aromatic rings. The number of aliphatic imine (C=N–C) groups is 1. The van der Waals surface area contributed by atoms with Crippen molar-refractivity contribution in [1.82, 2.24) is 10.4 Å². The molecule has 0 atom stereocenters. The van der Waals surface area contributed by atoms with Gasteiger partial charge in [0.2, 0.25) is 5.96 Å². The van der Waals surface area contributed by atoms with Gasteiger partial charge in [-0.3, -0.25) is 9.79 Å². The van der Waals surface area contributed by atoms with E-state index in [9.17, 15) is 14.4 Å². The molecule has 0 unspecified atom stereocenters. The number of aliphatic carboxylic acids is 2. The van der Waals surface area contributed by atoms with Crippen LogP contribution in [0.25, 0.3) is 10.9 Å². The third-order valence-corrected chi connectivity index (χ3v) is 3.92. The summed E-state index contributed by atoms with van der Waals surface area (Å²) in [6.07, 6.45) is 7.95. The fourth-order valence-corrected chi connectivity index (χ4v) is 2.38. The van der Waals surface area contributed by atoms with Crippen LogP contribution in [0.4, 0.5) is 0 Å².